The molecule has 0 aliphatic carbocycles. The van der Waals surface area contributed by atoms with Crippen LogP contribution in [0, 0.1) is 0 Å². The Morgan fingerprint density at radius 2 is 1.73 bits per heavy atom. The fourth-order valence-corrected chi connectivity index (χ4v) is 4.14. The van der Waals surface area contributed by atoms with Crippen molar-refractivity contribution in [2.45, 2.75) is 82.3 Å². The van der Waals surface area contributed by atoms with Gasteiger partial charge in [0.1, 0.15) is 0 Å². The van der Waals surface area contributed by atoms with E-state index in [1.807, 2.05) is 6.07 Å². The summed E-state index contributed by atoms with van der Waals surface area (Å²) in [5.41, 5.74) is 0.918. The zero-order valence-corrected chi connectivity index (χ0v) is 15.8. The van der Waals surface area contributed by atoms with Gasteiger partial charge in [0.2, 0.25) is 0 Å². The largest absolute Gasteiger partial charge is 0.466 e. The van der Waals surface area contributed by atoms with Crippen LogP contribution in [0.3, 0.4) is 0 Å². The minimum Gasteiger partial charge on any atom is -0.466 e. The van der Waals surface area contributed by atoms with Crippen LogP contribution in [0.15, 0.2) is 42.5 Å². The molecule has 2 atom stereocenters. The summed E-state index contributed by atoms with van der Waals surface area (Å²) in [5, 5.41) is 0. The number of hydrogen-bond acceptors (Lipinski definition) is 3. The predicted molar refractivity (Wildman–Crippen MR) is 104 cm³/mol. The standard InChI is InChI=1S/C23H32O3/c24-22-19-21-15-12-17-23(26-21,20-13-8-7-9-14-20)16-10-5-3-1-2-4-6-11-18-25-22/h5,7-10,13-14,21H,1-4,6,11-12,15-19H2. The first-order valence-corrected chi connectivity index (χ1v) is 10.3. The Hall–Kier alpha value is -1.61. The molecule has 142 valence electrons. The van der Waals surface area contributed by atoms with E-state index in [-0.39, 0.29) is 17.7 Å². The van der Waals surface area contributed by atoms with Crippen LogP contribution in [-0.2, 0) is 19.9 Å². The smallest absolute Gasteiger partial charge is 0.308 e. The second-order valence-corrected chi connectivity index (χ2v) is 7.65. The summed E-state index contributed by atoms with van der Waals surface area (Å²) in [7, 11) is 0. The van der Waals surface area contributed by atoms with Crippen LogP contribution in [0.5, 0.6) is 0 Å². The van der Waals surface area contributed by atoms with E-state index in [2.05, 4.69) is 36.4 Å². The van der Waals surface area contributed by atoms with E-state index in [4.69, 9.17) is 9.47 Å². The Bertz CT molecular complexity index is 580. The molecule has 26 heavy (non-hydrogen) atoms. The van der Waals surface area contributed by atoms with Gasteiger partial charge in [0.15, 0.2) is 0 Å². The molecule has 3 nitrogen and oxygen atoms in total. The van der Waals surface area contributed by atoms with Crippen LogP contribution in [0.2, 0.25) is 0 Å². The number of fused-ring (bicyclic) bond motifs is 2. The monoisotopic (exact) mass is 356 g/mol. The lowest BCUT2D eigenvalue weighted by Gasteiger charge is -2.41. The number of ether oxygens (including phenoxy) is 2. The van der Waals surface area contributed by atoms with Gasteiger partial charge in [0, 0.05) is 0 Å². The van der Waals surface area contributed by atoms with E-state index in [9.17, 15) is 4.79 Å². The summed E-state index contributed by atoms with van der Waals surface area (Å²) >= 11 is 0. The van der Waals surface area contributed by atoms with E-state index in [1.165, 1.54) is 24.8 Å². The summed E-state index contributed by atoms with van der Waals surface area (Å²) in [5.74, 6) is -0.110. The first kappa shape index (κ1) is 19.2. The first-order chi connectivity index (χ1) is 12.8. The lowest BCUT2D eigenvalue weighted by Crippen LogP contribution is -2.39. The summed E-state index contributed by atoms with van der Waals surface area (Å²) in [4.78, 5) is 12.2. The summed E-state index contributed by atoms with van der Waals surface area (Å²) < 4.78 is 12.0. The molecule has 0 amide bonds. The molecule has 2 bridgehead atoms. The Morgan fingerprint density at radius 1 is 0.923 bits per heavy atom. The molecular formula is C23H32O3. The maximum absolute atomic E-state index is 12.2. The molecule has 1 aromatic rings. The highest BCUT2D eigenvalue weighted by atomic mass is 16.5. The van der Waals surface area contributed by atoms with E-state index in [1.54, 1.807) is 0 Å². The number of benzene rings is 1. The van der Waals surface area contributed by atoms with Gasteiger partial charge in [-0.2, -0.15) is 0 Å². The summed E-state index contributed by atoms with van der Waals surface area (Å²) in [6.45, 7) is 0.551. The molecule has 2 aliphatic rings. The molecule has 0 N–H and O–H groups in total. The van der Waals surface area contributed by atoms with Gasteiger partial charge in [0.05, 0.1) is 24.7 Å². The fourth-order valence-electron chi connectivity index (χ4n) is 4.14. The second-order valence-electron chi connectivity index (χ2n) is 7.65. The van der Waals surface area contributed by atoms with Gasteiger partial charge < -0.3 is 9.47 Å². The van der Waals surface area contributed by atoms with Crippen LogP contribution in [0.1, 0.15) is 76.2 Å². The second kappa shape index (κ2) is 9.91. The van der Waals surface area contributed by atoms with Crippen molar-refractivity contribution >= 4 is 5.97 Å². The maximum atomic E-state index is 12.2. The van der Waals surface area contributed by atoms with Crippen LogP contribution in [0.25, 0.3) is 0 Å². The topological polar surface area (TPSA) is 35.5 Å². The molecule has 0 spiro atoms. The molecular weight excluding hydrogens is 324 g/mol. The average molecular weight is 357 g/mol. The van der Waals surface area contributed by atoms with Crippen LogP contribution < -0.4 is 0 Å². The van der Waals surface area contributed by atoms with Gasteiger partial charge in [-0.05, 0) is 50.5 Å². The SMILES string of the molecule is O=C1CC2CCCC(c3ccccc3)(CC=CCCCCCCCO1)O2. The Labute approximate surface area is 157 Å². The van der Waals surface area contributed by atoms with Gasteiger partial charge in [0.25, 0.3) is 0 Å². The van der Waals surface area contributed by atoms with Crippen LogP contribution in [0.4, 0.5) is 0 Å². The molecule has 3 rings (SSSR count). The third-order valence-corrected chi connectivity index (χ3v) is 5.59. The number of cyclic esters (lactones) is 1. The molecule has 0 radical (unpaired) electrons. The van der Waals surface area contributed by atoms with Gasteiger partial charge in [-0.15, -0.1) is 0 Å². The van der Waals surface area contributed by atoms with E-state index >= 15 is 0 Å². The molecule has 1 saturated heterocycles. The van der Waals surface area contributed by atoms with Crippen molar-refractivity contribution in [3.8, 4) is 0 Å². The zero-order valence-electron chi connectivity index (χ0n) is 15.8. The van der Waals surface area contributed by atoms with E-state index < -0.39 is 0 Å². The Kier molecular flexibility index (Phi) is 7.31. The predicted octanol–water partition coefficient (Wildman–Crippen LogP) is 5.68. The normalized spacial score (nSPS) is 29.1. The van der Waals surface area contributed by atoms with Crippen LogP contribution in [-0.4, -0.2) is 18.7 Å². The first-order valence-electron chi connectivity index (χ1n) is 10.3. The molecule has 3 heteroatoms. The number of rotatable bonds is 1. The highest BCUT2D eigenvalue weighted by Gasteiger charge is 2.38. The summed E-state index contributed by atoms with van der Waals surface area (Å²) in [6, 6.07) is 10.5. The lowest BCUT2D eigenvalue weighted by atomic mass is 9.82. The van der Waals surface area contributed by atoms with Crippen molar-refractivity contribution in [3.05, 3.63) is 48.0 Å². The number of allylic oxidation sites excluding steroid dienone is 1. The maximum Gasteiger partial charge on any atom is 0.308 e. The molecule has 0 saturated carbocycles. The minimum absolute atomic E-state index is 0.0437. The van der Waals surface area contributed by atoms with Gasteiger partial charge in [-0.1, -0.05) is 61.7 Å². The van der Waals surface area contributed by atoms with E-state index in [0.29, 0.717) is 13.0 Å². The van der Waals surface area contributed by atoms with Crippen molar-refractivity contribution in [1.82, 2.24) is 0 Å². The Balaban J connectivity index is 1.77. The summed E-state index contributed by atoms with van der Waals surface area (Å²) in [6.07, 6.45) is 15.8. The average Bonchev–Trinajstić information content (AvgIpc) is 2.66. The molecule has 1 fully saturated rings. The fraction of sp³-hybridized carbons (Fsp3) is 0.609. The molecule has 2 unspecified atom stereocenters. The quantitative estimate of drug-likeness (QED) is 0.479. The highest BCUT2D eigenvalue weighted by Crippen LogP contribution is 2.41. The number of esters is 1. The number of carbonyl (C=O) groups excluding carboxylic acids is 1. The van der Waals surface area contributed by atoms with Crippen molar-refractivity contribution in [3.63, 3.8) is 0 Å². The van der Waals surface area contributed by atoms with Crippen molar-refractivity contribution in [2.24, 2.45) is 0 Å². The van der Waals surface area contributed by atoms with Gasteiger partial charge >= 0.3 is 5.97 Å². The minimum atomic E-state index is -0.308. The van der Waals surface area contributed by atoms with Crippen LogP contribution >= 0.6 is 0 Å². The molecule has 2 heterocycles. The van der Waals surface area contributed by atoms with Gasteiger partial charge in [-0.3, -0.25) is 4.79 Å². The zero-order chi connectivity index (χ0) is 18.1. The Morgan fingerprint density at radius 3 is 2.62 bits per heavy atom. The number of carbonyl (C=O) groups is 1. The number of hydrogen-bond donors (Lipinski definition) is 0. The third-order valence-electron chi connectivity index (χ3n) is 5.59. The molecule has 0 aromatic heterocycles. The highest BCUT2D eigenvalue weighted by molar-refractivity contribution is 5.70. The third kappa shape index (κ3) is 5.44. The van der Waals surface area contributed by atoms with Crippen molar-refractivity contribution in [1.29, 1.82) is 0 Å². The van der Waals surface area contributed by atoms with Crippen molar-refractivity contribution < 1.29 is 14.3 Å². The van der Waals surface area contributed by atoms with Gasteiger partial charge in [-0.25, -0.2) is 0 Å². The molecule has 2 aliphatic heterocycles. The molecule has 1 aromatic carbocycles. The lowest BCUT2D eigenvalue weighted by molar-refractivity contribution is -0.161. The van der Waals surface area contributed by atoms with E-state index in [0.717, 1.165) is 44.9 Å². The van der Waals surface area contributed by atoms with Crippen molar-refractivity contribution in [2.75, 3.05) is 6.61 Å².